The second-order valence-corrected chi connectivity index (χ2v) is 4.92. The lowest BCUT2D eigenvalue weighted by atomic mass is 10.1. The van der Waals surface area contributed by atoms with E-state index in [4.69, 9.17) is 11.6 Å². The Morgan fingerprint density at radius 1 is 1.47 bits per heavy atom. The van der Waals surface area contributed by atoms with Crippen LogP contribution in [0.4, 0.5) is 0 Å². The van der Waals surface area contributed by atoms with Gasteiger partial charge in [0.2, 0.25) is 5.56 Å². The third-order valence-electron chi connectivity index (χ3n) is 3.14. The summed E-state index contributed by atoms with van der Waals surface area (Å²) in [5.74, 6) is 0.195. The van der Waals surface area contributed by atoms with E-state index < -0.39 is 0 Å². The minimum absolute atomic E-state index is 0.169. The number of hydrogen-bond donors (Lipinski definition) is 2. The van der Waals surface area contributed by atoms with Crippen LogP contribution in [0.1, 0.15) is 29.6 Å². The van der Waals surface area contributed by atoms with Gasteiger partial charge in [-0.1, -0.05) is 6.42 Å². The van der Waals surface area contributed by atoms with Gasteiger partial charge in [0, 0.05) is 24.2 Å². The van der Waals surface area contributed by atoms with Crippen LogP contribution in [0.2, 0.25) is 0 Å². The molecule has 1 amide bonds. The average molecular weight is 255 g/mol. The largest absolute Gasteiger partial charge is 0.352 e. The Labute approximate surface area is 104 Å². The number of alkyl halides is 1. The Morgan fingerprint density at radius 3 is 2.88 bits per heavy atom. The third-order valence-corrected chi connectivity index (χ3v) is 3.71. The zero-order valence-corrected chi connectivity index (χ0v) is 10.2. The number of amides is 1. The number of carbonyl (C=O) groups is 1. The Hall–Kier alpha value is -1.29. The fraction of sp³-hybridized carbons (Fsp3) is 0.500. The van der Waals surface area contributed by atoms with Gasteiger partial charge < -0.3 is 10.3 Å². The summed E-state index contributed by atoms with van der Waals surface area (Å²) in [6, 6.07) is 2.86. The number of H-pyrrole nitrogens is 1. The quantitative estimate of drug-likeness (QED) is 0.804. The predicted octanol–water partition coefficient (Wildman–Crippen LogP) is 1.51. The summed E-state index contributed by atoms with van der Waals surface area (Å²) in [5, 5.41) is 3.02. The molecule has 1 aliphatic carbocycles. The van der Waals surface area contributed by atoms with Crippen molar-refractivity contribution in [3.8, 4) is 0 Å². The van der Waals surface area contributed by atoms with Crippen molar-refractivity contribution in [3.05, 3.63) is 34.2 Å². The third kappa shape index (κ3) is 3.09. The normalized spacial score (nSPS) is 23.6. The average Bonchev–Trinajstić information content (AvgIpc) is 2.73. The lowest BCUT2D eigenvalue weighted by molar-refractivity contribution is 0.0947. The number of rotatable bonds is 3. The van der Waals surface area contributed by atoms with Crippen LogP contribution in [0.3, 0.4) is 0 Å². The van der Waals surface area contributed by atoms with E-state index in [1.54, 1.807) is 0 Å². The van der Waals surface area contributed by atoms with E-state index in [-0.39, 0.29) is 16.8 Å². The van der Waals surface area contributed by atoms with Crippen LogP contribution >= 0.6 is 11.6 Å². The Bertz CT molecular complexity index is 438. The summed E-state index contributed by atoms with van der Waals surface area (Å²) in [5.41, 5.74) is 0.256. The van der Waals surface area contributed by atoms with Crippen LogP contribution in [-0.2, 0) is 0 Å². The second kappa shape index (κ2) is 5.36. The molecule has 2 unspecified atom stereocenters. The first-order valence-electron chi connectivity index (χ1n) is 5.78. The Morgan fingerprint density at radius 2 is 2.29 bits per heavy atom. The van der Waals surface area contributed by atoms with Gasteiger partial charge in [-0.3, -0.25) is 9.59 Å². The van der Waals surface area contributed by atoms with E-state index in [9.17, 15) is 9.59 Å². The number of halogens is 1. The summed E-state index contributed by atoms with van der Waals surface area (Å²) in [6.45, 7) is 0.603. The first-order chi connectivity index (χ1) is 8.16. The van der Waals surface area contributed by atoms with E-state index in [1.165, 1.54) is 18.3 Å². The molecule has 0 aromatic carbocycles. The predicted molar refractivity (Wildman–Crippen MR) is 66.4 cm³/mol. The number of aromatic nitrogens is 1. The van der Waals surface area contributed by atoms with E-state index in [0.29, 0.717) is 18.0 Å². The molecule has 0 aliphatic heterocycles. The maximum Gasteiger partial charge on any atom is 0.252 e. The van der Waals surface area contributed by atoms with Gasteiger partial charge >= 0.3 is 0 Å². The molecule has 1 aromatic rings. The molecule has 1 aromatic heterocycles. The highest BCUT2D eigenvalue weighted by Crippen LogP contribution is 2.29. The van der Waals surface area contributed by atoms with E-state index in [2.05, 4.69) is 10.3 Å². The molecular formula is C12H15ClN2O2. The number of carbonyl (C=O) groups excluding carboxylic acids is 1. The molecule has 2 atom stereocenters. The van der Waals surface area contributed by atoms with Gasteiger partial charge in [-0.25, -0.2) is 0 Å². The topological polar surface area (TPSA) is 62.0 Å². The van der Waals surface area contributed by atoms with E-state index in [0.717, 1.165) is 19.3 Å². The van der Waals surface area contributed by atoms with Crippen molar-refractivity contribution < 1.29 is 4.79 Å². The summed E-state index contributed by atoms with van der Waals surface area (Å²) in [4.78, 5) is 25.1. The highest BCUT2D eigenvalue weighted by Gasteiger charge is 2.25. The molecule has 4 nitrogen and oxygen atoms in total. The van der Waals surface area contributed by atoms with Crippen molar-refractivity contribution in [1.82, 2.24) is 10.3 Å². The van der Waals surface area contributed by atoms with Crippen molar-refractivity contribution >= 4 is 17.5 Å². The SMILES string of the molecule is O=C(NCC1CCCC1Cl)c1ccc(=O)[nH]c1. The number of hydrogen-bond acceptors (Lipinski definition) is 2. The summed E-state index contributed by atoms with van der Waals surface area (Å²) in [6.07, 6.45) is 4.65. The fourth-order valence-electron chi connectivity index (χ4n) is 2.10. The number of nitrogens with one attached hydrogen (secondary N) is 2. The number of aromatic amines is 1. The highest BCUT2D eigenvalue weighted by atomic mass is 35.5. The Balaban J connectivity index is 1.89. The van der Waals surface area contributed by atoms with Gasteiger partial charge in [-0.2, -0.15) is 0 Å². The Kier molecular flexibility index (Phi) is 3.84. The molecule has 0 bridgehead atoms. The second-order valence-electron chi connectivity index (χ2n) is 4.36. The molecular weight excluding hydrogens is 240 g/mol. The van der Waals surface area contributed by atoms with Crippen molar-refractivity contribution in [2.75, 3.05) is 6.54 Å². The molecule has 0 saturated heterocycles. The van der Waals surface area contributed by atoms with Gasteiger partial charge in [0.05, 0.1) is 5.56 Å². The van der Waals surface area contributed by atoms with Gasteiger partial charge in [-0.15, -0.1) is 11.6 Å². The zero-order valence-electron chi connectivity index (χ0n) is 9.41. The molecule has 17 heavy (non-hydrogen) atoms. The van der Waals surface area contributed by atoms with Crippen molar-refractivity contribution in [1.29, 1.82) is 0 Å². The van der Waals surface area contributed by atoms with E-state index in [1.807, 2.05) is 0 Å². The lowest BCUT2D eigenvalue weighted by Crippen LogP contribution is -2.31. The van der Waals surface area contributed by atoms with Crippen LogP contribution in [-0.4, -0.2) is 22.8 Å². The molecule has 0 spiro atoms. The lowest BCUT2D eigenvalue weighted by Gasteiger charge is -2.14. The van der Waals surface area contributed by atoms with Crippen LogP contribution in [0, 0.1) is 5.92 Å². The standard InChI is InChI=1S/C12H15ClN2O2/c13-10-3-1-2-8(10)6-15-12(17)9-4-5-11(16)14-7-9/h4-5,7-8,10H,1-3,6H2,(H,14,16)(H,15,17). The minimum atomic E-state index is -0.210. The number of pyridine rings is 1. The molecule has 0 radical (unpaired) electrons. The first kappa shape index (κ1) is 12.2. The smallest absolute Gasteiger partial charge is 0.252 e. The van der Waals surface area contributed by atoms with Crippen LogP contribution in [0.5, 0.6) is 0 Å². The molecule has 2 N–H and O–H groups in total. The van der Waals surface area contributed by atoms with Crippen LogP contribution < -0.4 is 10.9 Å². The molecule has 1 aliphatic rings. The van der Waals surface area contributed by atoms with Crippen molar-refractivity contribution in [2.45, 2.75) is 24.6 Å². The van der Waals surface area contributed by atoms with Gasteiger partial charge in [0.1, 0.15) is 0 Å². The molecule has 1 saturated carbocycles. The summed E-state index contributed by atoms with van der Waals surface area (Å²) >= 11 is 6.13. The fourth-order valence-corrected chi connectivity index (χ4v) is 2.47. The molecule has 1 fully saturated rings. The molecule has 1 heterocycles. The van der Waals surface area contributed by atoms with Gasteiger partial charge in [-0.05, 0) is 24.8 Å². The highest BCUT2D eigenvalue weighted by molar-refractivity contribution is 6.21. The summed E-state index contributed by atoms with van der Waals surface area (Å²) in [7, 11) is 0. The minimum Gasteiger partial charge on any atom is -0.352 e. The van der Waals surface area contributed by atoms with Crippen LogP contribution in [0.25, 0.3) is 0 Å². The first-order valence-corrected chi connectivity index (χ1v) is 6.21. The molecule has 2 rings (SSSR count). The maximum atomic E-state index is 11.7. The molecule has 92 valence electrons. The van der Waals surface area contributed by atoms with Crippen LogP contribution in [0.15, 0.2) is 23.1 Å². The van der Waals surface area contributed by atoms with Gasteiger partial charge in [0.15, 0.2) is 0 Å². The maximum absolute atomic E-state index is 11.7. The monoisotopic (exact) mass is 254 g/mol. The van der Waals surface area contributed by atoms with Gasteiger partial charge in [0.25, 0.3) is 5.91 Å². The van der Waals surface area contributed by atoms with E-state index >= 15 is 0 Å². The zero-order chi connectivity index (χ0) is 12.3. The van der Waals surface area contributed by atoms with Crippen molar-refractivity contribution in [2.24, 2.45) is 5.92 Å². The molecule has 5 heteroatoms. The van der Waals surface area contributed by atoms with Crippen molar-refractivity contribution in [3.63, 3.8) is 0 Å². The summed E-state index contributed by atoms with van der Waals surface area (Å²) < 4.78 is 0.